The van der Waals surface area contributed by atoms with Gasteiger partial charge in [0.15, 0.2) is 0 Å². The Kier molecular flexibility index (Phi) is 3.86. The van der Waals surface area contributed by atoms with Gasteiger partial charge in [-0.25, -0.2) is 4.57 Å². The standard InChI is InChI=1S/H6O8P4/c1-10(2,3)9-12(7,8)11(4,5)6/h9H,(H,7,8)(H2,1,2,3)(H2,4,5,6). The van der Waals surface area contributed by atoms with Crippen LogP contribution in [0.25, 0.3) is 0 Å². The summed E-state index contributed by atoms with van der Waals surface area (Å²) in [7, 11) is -12.2. The maximum absolute atomic E-state index is 10.6. The van der Waals surface area contributed by atoms with Crippen LogP contribution in [-0.2, 0) is 13.7 Å². The Hall–Kier alpha value is 0.920. The summed E-state index contributed by atoms with van der Waals surface area (Å²) in [4.78, 5) is 41.2. The maximum atomic E-state index is 10.6. The van der Waals surface area contributed by atoms with Crippen LogP contribution >= 0.6 is 29.3 Å². The van der Waals surface area contributed by atoms with E-state index in [9.17, 15) is 13.7 Å². The van der Waals surface area contributed by atoms with Crippen molar-refractivity contribution < 1.29 is 38.2 Å². The van der Waals surface area contributed by atoms with Crippen molar-refractivity contribution in [2.75, 3.05) is 0 Å². The number of hydrogen-bond acceptors (Lipinski definition) is 3. The summed E-state index contributed by atoms with van der Waals surface area (Å²) in [5.74, 6) is 0. The van der Waals surface area contributed by atoms with Crippen molar-refractivity contribution in [2.45, 2.75) is 0 Å². The van der Waals surface area contributed by atoms with Crippen LogP contribution in [0.15, 0.2) is 0 Å². The first-order valence-electron chi connectivity index (χ1n) is 2.19. The van der Waals surface area contributed by atoms with Crippen LogP contribution in [0.4, 0.5) is 0 Å². The molecular weight excluding hydrogens is 252 g/mol. The van der Waals surface area contributed by atoms with E-state index < -0.39 is 29.3 Å². The molecule has 12 heavy (non-hydrogen) atoms. The minimum atomic E-state index is -5.33. The summed E-state index contributed by atoms with van der Waals surface area (Å²) in [6, 6.07) is 0. The Morgan fingerprint density at radius 3 is 1.25 bits per heavy atom. The quantitative estimate of drug-likeness (QED) is 0.444. The Balaban J connectivity index is 4.82. The third-order valence-electron chi connectivity index (χ3n) is 0.614. The second kappa shape index (κ2) is 3.58. The molecule has 0 rings (SSSR count). The van der Waals surface area contributed by atoms with Crippen molar-refractivity contribution in [2.24, 2.45) is 0 Å². The highest BCUT2D eigenvalue weighted by Gasteiger charge is 2.45. The van der Waals surface area contributed by atoms with Gasteiger partial charge in [-0.15, -0.1) is 0 Å². The molecule has 0 aliphatic carbocycles. The highest BCUT2D eigenvalue weighted by Crippen LogP contribution is 2.92. The van der Waals surface area contributed by atoms with Gasteiger partial charge in [0.1, 0.15) is 7.96 Å². The van der Waals surface area contributed by atoms with Crippen molar-refractivity contribution in [3.05, 3.63) is 0 Å². The van der Waals surface area contributed by atoms with Gasteiger partial charge in [0.2, 0.25) is 0 Å². The van der Waals surface area contributed by atoms with Gasteiger partial charge >= 0.3 is 21.3 Å². The molecule has 2 unspecified atom stereocenters. The molecule has 0 saturated carbocycles. The Morgan fingerprint density at radius 2 is 1.17 bits per heavy atom. The minimum Gasteiger partial charge on any atom is -0.333 e. The number of rotatable bonds is 3. The predicted molar refractivity (Wildman–Crippen MR) is 42.2 cm³/mol. The van der Waals surface area contributed by atoms with Crippen molar-refractivity contribution in [1.82, 2.24) is 0 Å². The largest absolute Gasteiger partial charge is 0.411 e. The van der Waals surface area contributed by atoms with E-state index in [-0.39, 0.29) is 0 Å². The van der Waals surface area contributed by atoms with E-state index in [1.54, 1.807) is 0 Å². The molecule has 0 heterocycles. The molecule has 0 radical (unpaired) electrons. The molecule has 8 nitrogen and oxygen atoms in total. The van der Waals surface area contributed by atoms with Crippen LogP contribution in [0, 0.1) is 0 Å². The van der Waals surface area contributed by atoms with E-state index >= 15 is 0 Å². The summed E-state index contributed by atoms with van der Waals surface area (Å²) in [5, 5.41) is 0. The molecule has 12 heteroatoms. The molecule has 0 aliphatic heterocycles. The lowest BCUT2D eigenvalue weighted by molar-refractivity contribution is 0.380. The zero-order chi connectivity index (χ0) is 10.2. The van der Waals surface area contributed by atoms with E-state index in [0.717, 1.165) is 0 Å². The van der Waals surface area contributed by atoms with Crippen molar-refractivity contribution in [3.63, 3.8) is 0 Å². The van der Waals surface area contributed by atoms with Crippen LogP contribution in [0.1, 0.15) is 0 Å². The fourth-order valence-electron chi connectivity index (χ4n) is 0.228. The summed E-state index contributed by atoms with van der Waals surface area (Å²) < 4.78 is 30.9. The first kappa shape index (κ1) is 12.9. The molecule has 0 aromatic carbocycles. The molecule has 0 aromatic heterocycles. The molecule has 0 bridgehead atoms. The Morgan fingerprint density at radius 1 is 0.833 bits per heavy atom. The van der Waals surface area contributed by atoms with E-state index in [1.807, 2.05) is 0 Å². The fourth-order valence-corrected chi connectivity index (χ4v) is 12.4. The first-order chi connectivity index (χ1) is 4.96. The maximum Gasteiger partial charge on any atom is 0.411 e. The van der Waals surface area contributed by atoms with E-state index in [4.69, 9.17) is 24.5 Å². The summed E-state index contributed by atoms with van der Waals surface area (Å²) >= 11 is 0. The monoisotopic (exact) mass is 258 g/mol. The lowest BCUT2D eigenvalue weighted by Crippen LogP contribution is -1.77. The van der Waals surface area contributed by atoms with E-state index in [1.165, 1.54) is 0 Å². The van der Waals surface area contributed by atoms with E-state index in [2.05, 4.69) is 0 Å². The van der Waals surface area contributed by atoms with Gasteiger partial charge in [0.25, 0.3) is 0 Å². The average Bonchev–Trinajstić information content (AvgIpc) is 1.52. The van der Waals surface area contributed by atoms with Gasteiger partial charge < -0.3 is 24.5 Å². The molecule has 0 aromatic rings. The van der Waals surface area contributed by atoms with Crippen molar-refractivity contribution in [1.29, 1.82) is 0 Å². The lowest BCUT2D eigenvalue weighted by Gasteiger charge is -2.12. The van der Waals surface area contributed by atoms with Crippen LogP contribution in [0.2, 0.25) is 0 Å². The molecule has 0 amide bonds. The third kappa shape index (κ3) is 4.24. The van der Waals surface area contributed by atoms with Crippen LogP contribution in [0.3, 0.4) is 0 Å². The molecule has 2 atom stereocenters. The zero-order valence-corrected chi connectivity index (χ0v) is 8.99. The molecule has 0 spiro atoms. The summed E-state index contributed by atoms with van der Waals surface area (Å²) in [6.45, 7) is -5.07. The van der Waals surface area contributed by atoms with Crippen LogP contribution < -0.4 is 0 Å². The average molecular weight is 258 g/mol. The molecule has 0 fully saturated rings. The normalized spacial score (nSPS) is 19.8. The van der Waals surface area contributed by atoms with Crippen molar-refractivity contribution >= 4 is 29.3 Å². The van der Waals surface area contributed by atoms with E-state index in [0.29, 0.717) is 0 Å². The topological polar surface area (TPSA) is 152 Å². The second-order valence-electron chi connectivity index (χ2n) is 1.70. The summed E-state index contributed by atoms with van der Waals surface area (Å²) in [5.41, 5.74) is 0. The van der Waals surface area contributed by atoms with Crippen molar-refractivity contribution in [3.8, 4) is 0 Å². The van der Waals surface area contributed by atoms with Gasteiger partial charge in [-0.3, -0.25) is 9.13 Å². The SMILES string of the molecule is O=P(O)(O)PP(=O)(O)P(=O)(O)O. The zero-order valence-electron chi connectivity index (χ0n) is 5.30. The smallest absolute Gasteiger partial charge is 0.333 e. The Labute approximate surface area is 68.2 Å². The van der Waals surface area contributed by atoms with Crippen LogP contribution in [-0.4, -0.2) is 24.5 Å². The summed E-state index contributed by atoms with van der Waals surface area (Å²) in [6.07, 6.45) is 0. The molecule has 5 N–H and O–H groups in total. The van der Waals surface area contributed by atoms with Crippen LogP contribution in [0.5, 0.6) is 0 Å². The number of hydrogen-bond donors (Lipinski definition) is 5. The minimum absolute atomic E-state index is 1.97. The highest BCUT2D eigenvalue weighted by atomic mass is 32.7. The van der Waals surface area contributed by atoms with Gasteiger partial charge in [0, 0.05) is 0 Å². The molecule has 74 valence electrons. The lowest BCUT2D eigenvalue weighted by atomic mass is 15.8. The molecule has 0 aliphatic rings. The Bertz CT molecular complexity index is 288. The molecule has 0 saturated heterocycles. The van der Waals surface area contributed by atoms with Gasteiger partial charge in [-0.1, -0.05) is 0 Å². The third-order valence-corrected chi connectivity index (χ3v) is 15.0. The fraction of sp³-hybridized carbons (Fsp3) is 0. The predicted octanol–water partition coefficient (Wildman–Crippen LogP) is 0.0357. The van der Waals surface area contributed by atoms with Gasteiger partial charge in [-0.2, -0.15) is 0 Å². The highest BCUT2D eigenvalue weighted by molar-refractivity contribution is 8.70. The second-order valence-corrected chi connectivity index (χ2v) is 15.4. The van der Waals surface area contributed by atoms with Gasteiger partial charge in [-0.05, 0) is 0 Å². The van der Waals surface area contributed by atoms with Gasteiger partial charge in [0.05, 0.1) is 0 Å². The molecular formula is H6O8P4. The first-order valence-corrected chi connectivity index (χ1v) is 10.5.